The van der Waals surface area contributed by atoms with Crippen molar-refractivity contribution in [3.63, 3.8) is 0 Å². The summed E-state index contributed by atoms with van der Waals surface area (Å²) in [4.78, 5) is 37.3. The summed E-state index contributed by atoms with van der Waals surface area (Å²) in [6.07, 6.45) is 4.48. The van der Waals surface area contributed by atoms with Crippen LogP contribution in [0.25, 0.3) is 10.9 Å². The second-order valence-corrected chi connectivity index (χ2v) is 10.6. The predicted molar refractivity (Wildman–Crippen MR) is 140 cm³/mol. The molecule has 1 saturated heterocycles. The Balaban J connectivity index is 1.23. The fraction of sp³-hybridized carbons (Fsp3) is 0.154. The molecule has 188 valence electrons. The van der Waals surface area contributed by atoms with Gasteiger partial charge in [0.15, 0.2) is 0 Å². The van der Waals surface area contributed by atoms with E-state index in [0.29, 0.717) is 53.5 Å². The monoisotopic (exact) mass is 535 g/mol. The predicted octanol–water partition coefficient (Wildman–Crippen LogP) is 3.68. The average Bonchev–Trinajstić information content (AvgIpc) is 2.92. The van der Waals surface area contributed by atoms with Crippen molar-refractivity contribution in [2.45, 2.75) is 4.90 Å². The molecule has 3 heterocycles. The average molecular weight is 536 g/mol. The lowest BCUT2D eigenvalue weighted by Gasteiger charge is -2.34. The second-order valence-electron chi connectivity index (χ2n) is 8.49. The zero-order valence-corrected chi connectivity index (χ0v) is 21.1. The first-order valence-electron chi connectivity index (χ1n) is 11.5. The van der Waals surface area contributed by atoms with Gasteiger partial charge in [0.25, 0.3) is 21.8 Å². The van der Waals surface area contributed by atoms with Crippen LogP contribution in [0.5, 0.6) is 0 Å². The highest BCUT2D eigenvalue weighted by molar-refractivity contribution is 7.93. The van der Waals surface area contributed by atoms with Crippen molar-refractivity contribution in [3.05, 3.63) is 95.4 Å². The summed E-state index contributed by atoms with van der Waals surface area (Å²) in [6, 6.07) is 16.3. The maximum absolute atomic E-state index is 13.0. The number of nitrogens with one attached hydrogen (secondary N) is 1. The third-order valence-corrected chi connectivity index (χ3v) is 7.69. The third kappa shape index (κ3) is 5.25. The van der Waals surface area contributed by atoms with Crippen molar-refractivity contribution in [2.24, 2.45) is 0 Å². The van der Waals surface area contributed by atoms with Crippen LogP contribution in [0.2, 0.25) is 5.02 Å². The molecular weight excluding hydrogens is 514 g/mol. The van der Waals surface area contributed by atoms with Crippen molar-refractivity contribution in [3.8, 4) is 0 Å². The molecule has 2 aromatic heterocycles. The number of aromatic nitrogens is 2. The Morgan fingerprint density at radius 3 is 2.16 bits per heavy atom. The molecule has 37 heavy (non-hydrogen) atoms. The maximum atomic E-state index is 13.0. The van der Waals surface area contributed by atoms with Crippen LogP contribution in [0.4, 0.5) is 5.69 Å². The van der Waals surface area contributed by atoms with Crippen LogP contribution in [0.15, 0.2) is 84.1 Å². The molecule has 1 fully saturated rings. The molecule has 0 atom stereocenters. The van der Waals surface area contributed by atoms with Gasteiger partial charge in [0.1, 0.15) is 4.90 Å². The minimum absolute atomic E-state index is 0.0757. The number of para-hydroxylation sites is 1. The second kappa shape index (κ2) is 10.2. The number of hydrogen-bond acceptors (Lipinski definition) is 6. The summed E-state index contributed by atoms with van der Waals surface area (Å²) in [5.74, 6) is -0.371. The van der Waals surface area contributed by atoms with Gasteiger partial charge in [-0.05, 0) is 42.5 Å². The van der Waals surface area contributed by atoms with Crippen LogP contribution >= 0.6 is 11.6 Å². The SMILES string of the molecule is O=C(c1ccc(NS(=O)(=O)c2cccc3cccnc23)cc1)N1CCN(C(=O)c2cncc(Cl)c2)CC1. The standard InChI is InChI=1S/C26H22ClN5O4S/c27-21-15-20(16-28-17-21)26(34)32-13-11-31(12-14-32)25(33)19-6-8-22(9-7-19)30-37(35,36)23-5-1-3-18-4-2-10-29-24(18)23/h1-10,15-17,30H,11-14H2. The number of amides is 2. The van der Waals surface area contributed by atoms with E-state index in [-0.39, 0.29) is 16.7 Å². The smallest absolute Gasteiger partial charge is 0.264 e. The van der Waals surface area contributed by atoms with Crippen molar-refractivity contribution < 1.29 is 18.0 Å². The molecule has 1 aliphatic heterocycles. The summed E-state index contributed by atoms with van der Waals surface area (Å²) < 4.78 is 28.6. The lowest BCUT2D eigenvalue weighted by molar-refractivity contribution is 0.0535. The van der Waals surface area contributed by atoms with Crippen molar-refractivity contribution in [1.29, 1.82) is 0 Å². The molecule has 2 aromatic carbocycles. The topological polar surface area (TPSA) is 113 Å². The lowest BCUT2D eigenvalue weighted by atomic mass is 10.1. The molecule has 11 heteroatoms. The van der Waals surface area contributed by atoms with Crippen LogP contribution in [-0.4, -0.2) is 66.2 Å². The molecule has 1 aliphatic rings. The molecule has 2 amide bonds. The molecular formula is C26H22ClN5O4S. The molecule has 0 spiro atoms. The van der Waals surface area contributed by atoms with E-state index in [1.54, 1.807) is 70.6 Å². The lowest BCUT2D eigenvalue weighted by Crippen LogP contribution is -2.50. The summed E-state index contributed by atoms with van der Waals surface area (Å²) in [5.41, 5.74) is 1.54. The molecule has 0 bridgehead atoms. The first kappa shape index (κ1) is 24.7. The molecule has 4 aromatic rings. The van der Waals surface area contributed by atoms with Gasteiger partial charge in [-0.15, -0.1) is 0 Å². The van der Waals surface area contributed by atoms with E-state index in [1.807, 2.05) is 0 Å². The van der Waals surface area contributed by atoms with Gasteiger partial charge in [0.2, 0.25) is 0 Å². The summed E-state index contributed by atoms with van der Waals surface area (Å²) in [5, 5.41) is 1.11. The molecule has 0 aliphatic carbocycles. The fourth-order valence-corrected chi connectivity index (χ4v) is 5.60. The van der Waals surface area contributed by atoms with E-state index >= 15 is 0 Å². The number of sulfonamides is 1. The zero-order valence-electron chi connectivity index (χ0n) is 19.5. The van der Waals surface area contributed by atoms with E-state index in [4.69, 9.17) is 11.6 Å². The Hall–Kier alpha value is -4.02. The number of rotatable bonds is 5. The minimum atomic E-state index is -3.89. The van der Waals surface area contributed by atoms with Gasteiger partial charge >= 0.3 is 0 Å². The van der Waals surface area contributed by atoms with Crippen LogP contribution in [0.3, 0.4) is 0 Å². The highest BCUT2D eigenvalue weighted by atomic mass is 35.5. The number of fused-ring (bicyclic) bond motifs is 1. The minimum Gasteiger partial charge on any atom is -0.335 e. The van der Waals surface area contributed by atoms with E-state index in [1.165, 1.54) is 18.5 Å². The summed E-state index contributed by atoms with van der Waals surface area (Å²) >= 11 is 5.93. The van der Waals surface area contributed by atoms with Crippen molar-refractivity contribution >= 4 is 50.0 Å². The highest BCUT2D eigenvalue weighted by Gasteiger charge is 2.26. The first-order valence-corrected chi connectivity index (χ1v) is 13.3. The largest absolute Gasteiger partial charge is 0.335 e. The van der Waals surface area contributed by atoms with Gasteiger partial charge < -0.3 is 9.80 Å². The number of benzene rings is 2. The normalized spacial score (nSPS) is 14.0. The number of carbonyl (C=O) groups excluding carboxylic acids is 2. The van der Waals surface area contributed by atoms with Gasteiger partial charge in [-0.3, -0.25) is 24.3 Å². The van der Waals surface area contributed by atoms with Gasteiger partial charge in [0.05, 0.1) is 16.1 Å². The van der Waals surface area contributed by atoms with Gasteiger partial charge in [-0.1, -0.05) is 29.8 Å². The highest BCUT2D eigenvalue weighted by Crippen LogP contribution is 2.24. The summed E-state index contributed by atoms with van der Waals surface area (Å²) in [6.45, 7) is 1.52. The maximum Gasteiger partial charge on any atom is 0.264 e. The van der Waals surface area contributed by atoms with Crippen LogP contribution in [-0.2, 0) is 10.0 Å². The van der Waals surface area contributed by atoms with Crippen LogP contribution < -0.4 is 4.72 Å². The number of hydrogen-bond donors (Lipinski definition) is 1. The number of nitrogens with zero attached hydrogens (tertiary/aromatic N) is 4. The number of piperazine rings is 1. The van der Waals surface area contributed by atoms with E-state index in [2.05, 4.69) is 14.7 Å². The van der Waals surface area contributed by atoms with Gasteiger partial charge in [-0.2, -0.15) is 0 Å². The third-order valence-electron chi connectivity index (χ3n) is 6.08. The van der Waals surface area contributed by atoms with Crippen LogP contribution in [0.1, 0.15) is 20.7 Å². The molecule has 9 nitrogen and oxygen atoms in total. The fourth-order valence-electron chi connectivity index (χ4n) is 4.19. The Labute approximate surface area is 218 Å². The number of halogens is 1. The first-order chi connectivity index (χ1) is 17.8. The Bertz CT molecular complexity index is 1580. The van der Waals surface area contributed by atoms with E-state index < -0.39 is 10.0 Å². The van der Waals surface area contributed by atoms with Gasteiger partial charge in [0, 0.05) is 61.4 Å². The van der Waals surface area contributed by atoms with Crippen molar-refractivity contribution in [1.82, 2.24) is 19.8 Å². The van der Waals surface area contributed by atoms with Crippen LogP contribution in [0, 0.1) is 0 Å². The number of pyridine rings is 2. The van der Waals surface area contributed by atoms with E-state index in [0.717, 1.165) is 5.39 Å². The molecule has 0 unspecified atom stereocenters. The zero-order chi connectivity index (χ0) is 26.0. The van der Waals surface area contributed by atoms with E-state index in [9.17, 15) is 18.0 Å². The molecule has 0 saturated carbocycles. The Morgan fingerprint density at radius 2 is 1.49 bits per heavy atom. The molecule has 5 rings (SSSR count). The Kier molecular flexibility index (Phi) is 6.77. The Morgan fingerprint density at radius 1 is 0.838 bits per heavy atom. The molecule has 1 N–H and O–H groups in total. The molecule has 0 radical (unpaired) electrons. The quantitative estimate of drug-likeness (QED) is 0.417. The van der Waals surface area contributed by atoms with Crippen molar-refractivity contribution in [2.75, 3.05) is 30.9 Å². The number of anilines is 1. The van der Waals surface area contributed by atoms with Gasteiger partial charge in [-0.25, -0.2) is 8.42 Å². The number of carbonyl (C=O) groups is 2. The summed E-state index contributed by atoms with van der Waals surface area (Å²) in [7, 11) is -3.89.